The molecule has 0 saturated heterocycles. The number of aromatic nitrogens is 3. The summed E-state index contributed by atoms with van der Waals surface area (Å²) in [4.78, 5) is 0. The molecule has 1 heterocycles. The van der Waals surface area contributed by atoms with Gasteiger partial charge >= 0.3 is 0 Å². The summed E-state index contributed by atoms with van der Waals surface area (Å²) in [5.74, 6) is 0. The standard InChI is InChI=1S/C22H36N3/c1-2-3-4-5-6-7-8-9-10-11-12-16-19-24-20-23-25(21-24)22-17-14-13-15-18-22/h13-15,17-18,20-21H,2-12,16,19H2,1H3/q+1. The molecule has 1 aromatic heterocycles. The van der Waals surface area contributed by atoms with Crippen LogP contribution in [0, 0.1) is 0 Å². The zero-order chi connectivity index (χ0) is 17.6. The van der Waals surface area contributed by atoms with Crippen molar-refractivity contribution in [2.75, 3.05) is 0 Å². The van der Waals surface area contributed by atoms with Crippen molar-refractivity contribution in [1.29, 1.82) is 0 Å². The predicted octanol–water partition coefficient (Wildman–Crippen LogP) is 5.86. The monoisotopic (exact) mass is 342 g/mol. The summed E-state index contributed by atoms with van der Waals surface area (Å²) in [5, 5.41) is 4.44. The molecule has 0 spiro atoms. The molecule has 0 aliphatic rings. The second kappa shape index (κ2) is 12.7. The van der Waals surface area contributed by atoms with Crippen LogP contribution in [0.5, 0.6) is 0 Å². The van der Waals surface area contributed by atoms with E-state index in [9.17, 15) is 0 Å². The van der Waals surface area contributed by atoms with Gasteiger partial charge in [-0.1, -0.05) is 100 Å². The molecule has 138 valence electrons. The van der Waals surface area contributed by atoms with E-state index in [2.05, 4.69) is 35.0 Å². The van der Waals surface area contributed by atoms with E-state index >= 15 is 0 Å². The molecule has 0 fully saturated rings. The van der Waals surface area contributed by atoms with Gasteiger partial charge in [0.2, 0.25) is 6.33 Å². The molecule has 0 unspecified atom stereocenters. The average molecular weight is 343 g/mol. The van der Waals surface area contributed by atoms with Gasteiger partial charge in [0, 0.05) is 5.10 Å². The smallest absolute Gasteiger partial charge is 0.237 e. The topological polar surface area (TPSA) is 21.7 Å². The fraction of sp³-hybridized carbons (Fsp3) is 0.636. The number of hydrogen-bond acceptors (Lipinski definition) is 1. The fourth-order valence-corrected chi connectivity index (χ4v) is 3.29. The first-order valence-corrected chi connectivity index (χ1v) is 10.4. The molecule has 0 saturated carbocycles. The van der Waals surface area contributed by atoms with Gasteiger partial charge in [-0.15, -0.1) is 0 Å². The largest absolute Gasteiger partial charge is 0.265 e. The van der Waals surface area contributed by atoms with E-state index in [1.54, 1.807) is 0 Å². The van der Waals surface area contributed by atoms with Crippen molar-refractivity contribution < 1.29 is 4.57 Å². The Hall–Kier alpha value is -1.64. The molecule has 0 N–H and O–H groups in total. The van der Waals surface area contributed by atoms with Crippen molar-refractivity contribution in [2.45, 2.75) is 90.5 Å². The van der Waals surface area contributed by atoms with Crippen LogP contribution in [0.3, 0.4) is 0 Å². The normalized spacial score (nSPS) is 11.1. The van der Waals surface area contributed by atoms with Crippen LogP contribution in [-0.4, -0.2) is 9.78 Å². The number of hydrogen-bond donors (Lipinski definition) is 0. The second-order valence-electron chi connectivity index (χ2n) is 7.15. The Morgan fingerprint density at radius 3 is 1.92 bits per heavy atom. The Bertz CT molecular complexity index is 547. The van der Waals surface area contributed by atoms with E-state index in [1.165, 1.54) is 77.0 Å². The number of rotatable bonds is 14. The highest BCUT2D eigenvalue weighted by atomic mass is 15.3. The number of nitrogens with zero attached hydrogens (tertiary/aromatic N) is 3. The van der Waals surface area contributed by atoms with Crippen LogP contribution in [0.4, 0.5) is 0 Å². The minimum atomic E-state index is 1.07. The van der Waals surface area contributed by atoms with E-state index < -0.39 is 0 Å². The van der Waals surface area contributed by atoms with Crippen LogP contribution in [0.1, 0.15) is 84.0 Å². The number of unbranched alkanes of at least 4 members (excludes halogenated alkanes) is 11. The third-order valence-electron chi connectivity index (χ3n) is 4.87. The molecular formula is C22H36N3+. The molecule has 25 heavy (non-hydrogen) atoms. The van der Waals surface area contributed by atoms with E-state index in [0.717, 1.165) is 12.2 Å². The number of aryl methyl sites for hydroxylation is 1. The van der Waals surface area contributed by atoms with Crippen LogP contribution < -0.4 is 4.57 Å². The van der Waals surface area contributed by atoms with Gasteiger partial charge in [-0.25, -0.2) is 4.57 Å². The molecule has 0 aliphatic heterocycles. The zero-order valence-electron chi connectivity index (χ0n) is 16.1. The van der Waals surface area contributed by atoms with Gasteiger partial charge in [-0.05, 0) is 18.6 Å². The van der Waals surface area contributed by atoms with Crippen LogP contribution in [0.15, 0.2) is 43.0 Å². The Balaban J connectivity index is 1.45. The Kier molecular flexibility index (Phi) is 9.99. The fourth-order valence-electron chi connectivity index (χ4n) is 3.29. The molecule has 0 amide bonds. The molecule has 3 nitrogen and oxygen atoms in total. The first-order valence-electron chi connectivity index (χ1n) is 10.4. The molecule has 2 aromatic rings. The highest BCUT2D eigenvalue weighted by Crippen LogP contribution is 2.11. The molecule has 3 heteroatoms. The Labute approximate surface area is 154 Å². The summed E-state index contributed by atoms with van der Waals surface area (Å²) in [7, 11) is 0. The van der Waals surface area contributed by atoms with Crippen LogP contribution in [0.2, 0.25) is 0 Å². The van der Waals surface area contributed by atoms with Crippen molar-refractivity contribution in [3.63, 3.8) is 0 Å². The van der Waals surface area contributed by atoms with Crippen molar-refractivity contribution in [2.24, 2.45) is 0 Å². The van der Waals surface area contributed by atoms with Gasteiger partial charge in [0.25, 0.3) is 6.33 Å². The molecule has 0 atom stereocenters. The van der Waals surface area contributed by atoms with Crippen LogP contribution in [-0.2, 0) is 6.54 Å². The quantitative estimate of drug-likeness (QED) is 0.311. The predicted molar refractivity (Wildman–Crippen MR) is 105 cm³/mol. The number of benzene rings is 1. The van der Waals surface area contributed by atoms with E-state index in [4.69, 9.17) is 0 Å². The maximum Gasteiger partial charge on any atom is 0.265 e. The van der Waals surface area contributed by atoms with E-state index in [-0.39, 0.29) is 0 Å². The van der Waals surface area contributed by atoms with E-state index in [0.29, 0.717) is 0 Å². The van der Waals surface area contributed by atoms with Crippen molar-refractivity contribution >= 4 is 0 Å². The summed E-state index contributed by atoms with van der Waals surface area (Å²) in [6, 6.07) is 10.3. The molecule has 1 aromatic carbocycles. The summed E-state index contributed by atoms with van der Waals surface area (Å²) >= 11 is 0. The molecule has 0 radical (unpaired) electrons. The minimum Gasteiger partial charge on any atom is -0.237 e. The Morgan fingerprint density at radius 1 is 0.760 bits per heavy atom. The summed E-state index contributed by atoms with van der Waals surface area (Å²) in [6.07, 6.45) is 20.8. The first-order chi connectivity index (χ1) is 12.4. The Morgan fingerprint density at radius 2 is 1.32 bits per heavy atom. The molecular weight excluding hydrogens is 306 g/mol. The second-order valence-corrected chi connectivity index (χ2v) is 7.15. The van der Waals surface area contributed by atoms with E-state index in [1.807, 2.05) is 29.2 Å². The van der Waals surface area contributed by atoms with Gasteiger partial charge in [0.1, 0.15) is 5.69 Å². The lowest BCUT2D eigenvalue weighted by Gasteiger charge is -2.02. The SMILES string of the molecule is CCCCCCCCCCCCCC[n+]1cnn(-c2ccccc2)c1. The maximum absolute atomic E-state index is 4.44. The van der Waals surface area contributed by atoms with Gasteiger partial charge in [0.05, 0.1) is 6.54 Å². The highest BCUT2D eigenvalue weighted by Gasteiger charge is 2.07. The third-order valence-corrected chi connectivity index (χ3v) is 4.87. The first kappa shape index (κ1) is 19.7. The summed E-state index contributed by atoms with van der Waals surface area (Å²) in [5.41, 5.74) is 1.12. The van der Waals surface area contributed by atoms with Gasteiger partial charge in [-0.3, -0.25) is 0 Å². The third kappa shape index (κ3) is 8.33. The lowest BCUT2D eigenvalue weighted by Crippen LogP contribution is -2.30. The lowest BCUT2D eigenvalue weighted by molar-refractivity contribution is -0.697. The average Bonchev–Trinajstić information content (AvgIpc) is 3.12. The molecule has 0 aliphatic carbocycles. The van der Waals surface area contributed by atoms with Crippen molar-refractivity contribution in [3.05, 3.63) is 43.0 Å². The summed E-state index contributed by atoms with van der Waals surface area (Å²) in [6.45, 7) is 3.36. The van der Waals surface area contributed by atoms with Crippen LogP contribution in [0.25, 0.3) is 5.69 Å². The van der Waals surface area contributed by atoms with Crippen LogP contribution >= 0.6 is 0 Å². The van der Waals surface area contributed by atoms with Gasteiger partial charge in [-0.2, -0.15) is 0 Å². The van der Waals surface area contributed by atoms with Crippen molar-refractivity contribution in [1.82, 2.24) is 9.78 Å². The maximum atomic E-state index is 4.44. The van der Waals surface area contributed by atoms with Crippen molar-refractivity contribution in [3.8, 4) is 5.69 Å². The summed E-state index contributed by atoms with van der Waals surface area (Å²) < 4.78 is 4.14. The number of para-hydroxylation sites is 1. The minimum absolute atomic E-state index is 1.07. The molecule has 2 rings (SSSR count). The van der Waals surface area contributed by atoms with Gasteiger partial charge in [0.15, 0.2) is 0 Å². The van der Waals surface area contributed by atoms with Gasteiger partial charge < -0.3 is 0 Å². The molecule has 0 bridgehead atoms. The highest BCUT2D eigenvalue weighted by molar-refractivity contribution is 5.28. The zero-order valence-corrected chi connectivity index (χ0v) is 16.1. The lowest BCUT2D eigenvalue weighted by atomic mass is 10.1.